The van der Waals surface area contributed by atoms with Crippen LogP contribution in [0.1, 0.15) is 26.2 Å². The van der Waals surface area contributed by atoms with Gasteiger partial charge in [-0.2, -0.15) is 4.68 Å². The summed E-state index contributed by atoms with van der Waals surface area (Å²) in [5, 5.41) is 22.5. The summed E-state index contributed by atoms with van der Waals surface area (Å²) >= 11 is 0. The fourth-order valence-electron chi connectivity index (χ4n) is 4.06. The third-order valence-electron chi connectivity index (χ3n) is 5.54. The number of benzene rings is 1. The van der Waals surface area contributed by atoms with Crippen LogP contribution >= 0.6 is 0 Å². The summed E-state index contributed by atoms with van der Waals surface area (Å²) < 4.78 is 7.61. The number of tetrazole rings is 1. The molecule has 128 valence electrons. The lowest BCUT2D eigenvalue weighted by molar-refractivity contribution is -0.199. The monoisotopic (exact) mass is 329 g/mol. The predicted molar refractivity (Wildman–Crippen MR) is 89.1 cm³/mol. The van der Waals surface area contributed by atoms with Crippen LogP contribution in [0.2, 0.25) is 0 Å². The standard InChI is InChI=1S/C17H23N5O2/c1-2-24-15-12-14(23)17(15)8-10-21(11-9-17)16-18-19-20-22(16)13-6-4-3-5-7-13/h3-7,14-15,23H,2,8-12H2,1H3/t14-,15+/m0/s1. The Morgan fingerprint density at radius 3 is 2.67 bits per heavy atom. The molecule has 1 saturated carbocycles. The molecule has 0 amide bonds. The van der Waals surface area contributed by atoms with Crippen molar-refractivity contribution in [3.05, 3.63) is 30.3 Å². The van der Waals surface area contributed by atoms with Crippen LogP contribution < -0.4 is 4.90 Å². The molecule has 4 rings (SSSR count). The van der Waals surface area contributed by atoms with Gasteiger partial charge in [0.25, 0.3) is 0 Å². The number of aliphatic hydroxyl groups excluding tert-OH is 1. The molecule has 7 heteroatoms. The summed E-state index contributed by atoms with van der Waals surface area (Å²) in [6, 6.07) is 9.91. The van der Waals surface area contributed by atoms with Crippen molar-refractivity contribution >= 4 is 5.95 Å². The van der Waals surface area contributed by atoms with Crippen molar-refractivity contribution in [3.63, 3.8) is 0 Å². The zero-order valence-corrected chi connectivity index (χ0v) is 13.9. The minimum Gasteiger partial charge on any atom is -0.392 e. The van der Waals surface area contributed by atoms with Crippen LogP contribution in [0.4, 0.5) is 5.95 Å². The van der Waals surface area contributed by atoms with E-state index in [9.17, 15) is 5.11 Å². The zero-order valence-electron chi connectivity index (χ0n) is 13.9. The molecule has 2 aliphatic rings. The topological polar surface area (TPSA) is 76.3 Å². The van der Waals surface area contributed by atoms with Crippen molar-refractivity contribution in [1.29, 1.82) is 0 Å². The number of piperidine rings is 1. The SMILES string of the molecule is CCO[C@@H]1C[C@H](O)C12CCN(c1nnnn1-c1ccccc1)CC2. The summed E-state index contributed by atoms with van der Waals surface area (Å²) in [5.74, 6) is 0.762. The van der Waals surface area contributed by atoms with Gasteiger partial charge in [0, 0.05) is 31.5 Å². The van der Waals surface area contributed by atoms with Crippen LogP contribution in [0.15, 0.2) is 30.3 Å². The molecule has 24 heavy (non-hydrogen) atoms. The fourth-order valence-corrected chi connectivity index (χ4v) is 4.06. The number of ether oxygens (including phenoxy) is 1. The molecule has 2 fully saturated rings. The Morgan fingerprint density at radius 2 is 2.00 bits per heavy atom. The minimum absolute atomic E-state index is 0.0858. The maximum Gasteiger partial charge on any atom is 0.250 e. The molecule has 2 atom stereocenters. The maximum atomic E-state index is 10.3. The maximum absolute atomic E-state index is 10.3. The van der Waals surface area contributed by atoms with Gasteiger partial charge in [0.05, 0.1) is 17.9 Å². The van der Waals surface area contributed by atoms with E-state index in [4.69, 9.17) is 4.74 Å². The van der Waals surface area contributed by atoms with Gasteiger partial charge in [0.2, 0.25) is 5.95 Å². The molecule has 0 bridgehead atoms. The summed E-state index contributed by atoms with van der Waals surface area (Å²) in [7, 11) is 0. The normalized spacial score (nSPS) is 25.7. The Kier molecular flexibility index (Phi) is 3.97. The van der Waals surface area contributed by atoms with Crippen molar-refractivity contribution in [1.82, 2.24) is 20.2 Å². The molecule has 0 unspecified atom stereocenters. The molecule has 1 N–H and O–H groups in total. The average molecular weight is 329 g/mol. The smallest absolute Gasteiger partial charge is 0.250 e. The first-order chi connectivity index (χ1) is 11.7. The van der Waals surface area contributed by atoms with Crippen molar-refractivity contribution in [2.24, 2.45) is 5.41 Å². The Morgan fingerprint density at radius 1 is 1.25 bits per heavy atom. The second kappa shape index (κ2) is 6.14. The van der Waals surface area contributed by atoms with Gasteiger partial charge in [-0.1, -0.05) is 23.3 Å². The van der Waals surface area contributed by atoms with E-state index in [0.717, 1.165) is 44.0 Å². The number of nitrogens with zero attached hydrogens (tertiary/aromatic N) is 5. The first kappa shape index (κ1) is 15.5. The summed E-state index contributed by atoms with van der Waals surface area (Å²) in [4.78, 5) is 2.20. The number of hydrogen-bond donors (Lipinski definition) is 1. The lowest BCUT2D eigenvalue weighted by atomic mass is 9.58. The number of anilines is 1. The summed E-state index contributed by atoms with van der Waals surface area (Å²) in [5.41, 5.74) is 0.867. The molecule has 1 saturated heterocycles. The van der Waals surface area contributed by atoms with Crippen LogP contribution in [0, 0.1) is 5.41 Å². The van der Waals surface area contributed by atoms with Crippen LogP contribution in [0.3, 0.4) is 0 Å². The highest BCUT2D eigenvalue weighted by Crippen LogP contribution is 2.51. The van der Waals surface area contributed by atoms with E-state index >= 15 is 0 Å². The molecule has 7 nitrogen and oxygen atoms in total. The molecular formula is C17H23N5O2. The third kappa shape index (κ3) is 2.39. The molecule has 0 radical (unpaired) electrons. The van der Waals surface area contributed by atoms with Crippen LogP contribution in [0.25, 0.3) is 5.69 Å². The molecular weight excluding hydrogens is 306 g/mol. The summed E-state index contributed by atoms with van der Waals surface area (Å²) in [6.45, 7) is 4.37. The molecule has 1 spiro atoms. The number of para-hydroxylation sites is 1. The zero-order chi connectivity index (χ0) is 16.6. The van der Waals surface area contributed by atoms with Gasteiger partial charge >= 0.3 is 0 Å². The van der Waals surface area contributed by atoms with E-state index in [0.29, 0.717) is 6.61 Å². The molecule has 1 aliphatic carbocycles. The third-order valence-corrected chi connectivity index (χ3v) is 5.54. The minimum atomic E-state index is -0.249. The van der Waals surface area contributed by atoms with E-state index < -0.39 is 0 Å². The largest absolute Gasteiger partial charge is 0.392 e. The highest BCUT2D eigenvalue weighted by molar-refractivity contribution is 5.41. The first-order valence-electron chi connectivity index (χ1n) is 8.63. The van der Waals surface area contributed by atoms with Crippen LogP contribution in [-0.2, 0) is 4.74 Å². The van der Waals surface area contributed by atoms with E-state index in [1.807, 2.05) is 37.3 Å². The van der Waals surface area contributed by atoms with Crippen molar-refractivity contribution in [2.45, 2.75) is 38.4 Å². The second-order valence-corrected chi connectivity index (χ2v) is 6.64. The van der Waals surface area contributed by atoms with Gasteiger partial charge in [-0.25, -0.2) is 0 Å². The van der Waals surface area contributed by atoms with Crippen LogP contribution in [-0.4, -0.2) is 57.2 Å². The van der Waals surface area contributed by atoms with Crippen LogP contribution in [0.5, 0.6) is 0 Å². The number of aromatic nitrogens is 4. The van der Waals surface area contributed by atoms with Gasteiger partial charge in [0.1, 0.15) is 0 Å². The first-order valence-corrected chi connectivity index (χ1v) is 8.63. The summed E-state index contributed by atoms with van der Waals surface area (Å²) in [6.07, 6.45) is 2.50. The fraction of sp³-hybridized carbons (Fsp3) is 0.588. The Balaban J connectivity index is 1.50. The number of rotatable bonds is 4. The van der Waals surface area contributed by atoms with Crippen molar-refractivity contribution < 1.29 is 9.84 Å². The van der Waals surface area contributed by atoms with Gasteiger partial charge in [-0.05, 0) is 42.3 Å². The molecule has 1 aromatic heterocycles. The molecule has 1 aromatic carbocycles. The quantitative estimate of drug-likeness (QED) is 0.914. The Hall–Kier alpha value is -1.99. The van der Waals surface area contributed by atoms with Gasteiger partial charge in [0.15, 0.2) is 0 Å². The van der Waals surface area contributed by atoms with Crippen molar-refractivity contribution in [2.75, 3.05) is 24.6 Å². The van der Waals surface area contributed by atoms with E-state index in [1.54, 1.807) is 4.68 Å². The predicted octanol–water partition coefficient (Wildman–Crippen LogP) is 1.42. The number of hydrogen-bond acceptors (Lipinski definition) is 6. The van der Waals surface area contributed by atoms with E-state index in [-0.39, 0.29) is 17.6 Å². The molecule has 2 aromatic rings. The average Bonchev–Trinajstić information content (AvgIpc) is 3.12. The number of aliphatic hydroxyl groups is 1. The van der Waals surface area contributed by atoms with E-state index in [2.05, 4.69) is 20.4 Å². The van der Waals surface area contributed by atoms with Gasteiger partial charge in [-0.3, -0.25) is 0 Å². The molecule has 1 aliphatic heterocycles. The lowest BCUT2D eigenvalue weighted by Gasteiger charge is -2.56. The second-order valence-electron chi connectivity index (χ2n) is 6.64. The van der Waals surface area contributed by atoms with Gasteiger partial charge < -0.3 is 14.7 Å². The van der Waals surface area contributed by atoms with Crippen molar-refractivity contribution in [3.8, 4) is 5.69 Å². The lowest BCUT2D eigenvalue weighted by Crippen LogP contribution is -2.62. The molecule has 2 heterocycles. The highest BCUT2D eigenvalue weighted by Gasteiger charge is 2.56. The highest BCUT2D eigenvalue weighted by atomic mass is 16.5. The van der Waals surface area contributed by atoms with Gasteiger partial charge in [-0.15, -0.1) is 0 Å². The van der Waals surface area contributed by atoms with E-state index in [1.165, 1.54) is 0 Å². The Labute approximate surface area is 141 Å². The Bertz CT molecular complexity index is 679.